The van der Waals surface area contributed by atoms with Crippen LogP contribution in [0.3, 0.4) is 0 Å². The van der Waals surface area contributed by atoms with E-state index in [2.05, 4.69) is 0 Å². The molecule has 0 bridgehead atoms. The van der Waals surface area contributed by atoms with E-state index >= 15 is 0 Å². The van der Waals surface area contributed by atoms with E-state index in [1.807, 2.05) is 43.3 Å². The second-order valence-electron chi connectivity index (χ2n) is 11.3. The Balaban J connectivity index is 1.44. The van der Waals surface area contributed by atoms with Crippen LogP contribution in [0.2, 0.25) is 0 Å². The van der Waals surface area contributed by atoms with E-state index < -0.39 is 45.2 Å². The van der Waals surface area contributed by atoms with E-state index in [1.165, 1.54) is 18.0 Å². The number of phenolic OH excluding ortho intramolecular Hbond substituents is 1. The number of alkyl halides is 2. The van der Waals surface area contributed by atoms with Gasteiger partial charge in [-0.15, -0.1) is 23.2 Å². The summed E-state index contributed by atoms with van der Waals surface area (Å²) in [4.78, 5) is 52.4. The molecule has 2 heterocycles. The molecule has 0 spiro atoms. The average molecular weight is 597 g/mol. The van der Waals surface area contributed by atoms with Crippen molar-refractivity contribution in [2.24, 2.45) is 17.8 Å². The van der Waals surface area contributed by atoms with Crippen molar-refractivity contribution in [1.82, 2.24) is 9.80 Å². The number of imide groups is 2. The summed E-state index contributed by atoms with van der Waals surface area (Å²) in [5.41, 5.74) is 1.89. The number of hydrogen-bond donors (Lipinski definition) is 1. The molecule has 41 heavy (non-hydrogen) atoms. The SMILES string of the molecule is CCCN1C(=O)C2CC=C3C(CC4(Cl)C(=O)N(C)C(=O)C4(Cl)C3c3ccc(OCc4ccccc4)cc3O)C2C1=O. The van der Waals surface area contributed by atoms with Gasteiger partial charge in [-0.05, 0) is 36.8 Å². The third-order valence-corrected chi connectivity index (χ3v) is 10.5. The Bertz CT molecular complexity index is 1490. The Morgan fingerprint density at radius 2 is 1.73 bits per heavy atom. The van der Waals surface area contributed by atoms with Crippen molar-refractivity contribution in [3.05, 3.63) is 71.3 Å². The Morgan fingerprint density at radius 3 is 2.41 bits per heavy atom. The van der Waals surface area contributed by atoms with Crippen molar-refractivity contribution in [2.45, 2.75) is 48.5 Å². The first-order valence-corrected chi connectivity index (χ1v) is 14.5. The summed E-state index contributed by atoms with van der Waals surface area (Å²) < 4.78 is 5.88. The highest BCUT2D eigenvalue weighted by Crippen LogP contribution is 2.66. The third-order valence-electron chi connectivity index (χ3n) is 9.11. The fraction of sp³-hybridized carbons (Fsp3) is 0.419. The summed E-state index contributed by atoms with van der Waals surface area (Å²) in [6.07, 6.45) is 2.69. The molecule has 8 nitrogen and oxygen atoms in total. The van der Waals surface area contributed by atoms with E-state index in [9.17, 15) is 24.3 Å². The van der Waals surface area contributed by atoms with E-state index in [4.69, 9.17) is 27.9 Å². The van der Waals surface area contributed by atoms with Crippen LogP contribution < -0.4 is 4.74 Å². The number of aromatic hydroxyl groups is 1. The fourth-order valence-corrected chi connectivity index (χ4v) is 8.21. The lowest BCUT2D eigenvalue weighted by molar-refractivity contribution is -0.141. The van der Waals surface area contributed by atoms with Gasteiger partial charge in [0.15, 0.2) is 9.75 Å². The molecule has 6 unspecified atom stereocenters. The molecule has 2 aromatic carbocycles. The molecule has 1 N–H and O–H groups in total. The number of halogens is 2. The molecule has 2 aromatic rings. The number of allylic oxidation sites excluding steroid dienone is 2. The Morgan fingerprint density at radius 1 is 1.00 bits per heavy atom. The van der Waals surface area contributed by atoms with Gasteiger partial charge in [-0.3, -0.25) is 29.0 Å². The number of carbonyl (C=O) groups is 4. The first-order chi connectivity index (χ1) is 19.5. The van der Waals surface area contributed by atoms with Crippen molar-refractivity contribution < 1.29 is 29.0 Å². The minimum absolute atomic E-state index is 0.0749. The molecule has 0 aromatic heterocycles. The number of phenols is 1. The van der Waals surface area contributed by atoms with Crippen molar-refractivity contribution >= 4 is 46.8 Å². The molecule has 0 radical (unpaired) electrons. The number of hydrogen-bond acceptors (Lipinski definition) is 6. The summed E-state index contributed by atoms with van der Waals surface area (Å²) >= 11 is 14.3. The summed E-state index contributed by atoms with van der Waals surface area (Å²) in [7, 11) is 1.34. The van der Waals surface area contributed by atoms with Crippen LogP contribution in [0, 0.1) is 17.8 Å². The topological polar surface area (TPSA) is 104 Å². The lowest BCUT2D eigenvalue weighted by atomic mass is 9.56. The first kappa shape index (κ1) is 27.8. The summed E-state index contributed by atoms with van der Waals surface area (Å²) in [6.45, 7) is 2.49. The molecule has 4 amide bonds. The largest absolute Gasteiger partial charge is 0.508 e. The molecule has 1 saturated carbocycles. The standard InChI is InChI=1S/C31H30Cl2N2O6/c1-3-13-35-26(37)21-12-11-19-22(24(21)27(35)38)15-30(32)28(39)34(2)29(40)31(30,33)25(19)20-10-9-18(14-23(20)36)41-16-17-7-5-4-6-8-17/h4-11,14,21-22,24-25,36H,3,12-13,15-16H2,1-2H3. The fourth-order valence-electron chi connectivity index (χ4n) is 7.20. The quantitative estimate of drug-likeness (QED) is 0.302. The highest BCUT2D eigenvalue weighted by atomic mass is 35.5. The second kappa shape index (κ2) is 9.88. The Labute approximate surface area is 247 Å². The van der Waals surface area contributed by atoms with E-state index in [0.717, 1.165) is 10.5 Å². The highest BCUT2D eigenvalue weighted by molar-refractivity contribution is 6.53. The van der Waals surface area contributed by atoms with Crippen LogP contribution in [0.1, 0.15) is 43.2 Å². The number of benzene rings is 2. The van der Waals surface area contributed by atoms with Gasteiger partial charge in [0.25, 0.3) is 11.8 Å². The van der Waals surface area contributed by atoms with Gasteiger partial charge in [0.05, 0.1) is 11.8 Å². The van der Waals surface area contributed by atoms with Crippen molar-refractivity contribution in [3.63, 3.8) is 0 Å². The molecule has 3 fully saturated rings. The summed E-state index contributed by atoms with van der Waals surface area (Å²) in [5, 5.41) is 11.3. The lowest BCUT2D eigenvalue weighted by Crippen LogP contribution is -2.60. The number of carbonyl (C=O) groups excluding carboxylic acids is 4. The van der Waals surface area contributed by atoms with Crippen LogP contribution in [0.4, 0.5) is 0 Å². The van der Waals surface area contributed by atoms with E-state index in [0.29, 0.717) is 29.9 Å². The maximum Gasteiger partial charge on any atom is 0.253 e. The molecule has 2 aliphatic carbocycles. The normalized spacial score (nSPS) is 32.5. The van der Waals surface area contributed by atoms with Crippen molar-refractivity contribution in [2.75, 3.05) is 13.6 Å². The first-order valence-electron chi connectivity index (χ1n) is 13.8. The minimum atomic E-state index is -1.95. The molecule has 2 saturated heterocycles. The molecule has 6 rings (SSSR count). The number of fused-ring (bicyclic) bond motifs is 4. The predicted octanol–water partition coefficient (Wildman–Crippen LogP) is 4.37. The van der Waals surface area contributed by atoms with Crippen molar-refractivity contribution in [3.8, 4) is 11.5 Å². The Kier molecular flexibility index (Phi) is 6.70. The third kappa shape index (κ3) is 3.87. The maximum absolute atomic E-state index is 13.7. The number of likely N-dealkylation sites (tertiary alicyclic amines) is 2. The second-order valence-corrected chi connectivity index (χ2v) is 12.6. The maximum atomic E-state index is 13.7. The predicted molar refractivity (Wildman–Crippen MR) is 151 cm³/mol. The van der Waals surface area contributed by atoms with Crippen LogP contribution in [-0.2, 0) is 25.8 Å². The molecule has 214 valence electrons. The van der Waals surface area contributed by atoms with Gasteiger partial charge in [0.2, 0.25) is 11.8 Å². The van der Waals surface area contributed by atoms with Gasteiger partial charge < -0.3 is 9.84 Å². The molecular formula is C31H30Cl2N2O6. The van der Waals surface area contributed by atoms with Crippen LogP contribution in [-0.4, -0.2) is 61.9 Å². The van der Waals surface area contributed by atoms with Gasteiger partial charge >= 0.3 is 0 Å². The van der Waals surface area contributed by atoms with Gasteiger partial charge in [-0.25, -0.2) is 0 Å². The lowest BCUT2D eigenvalue weighted by Gasteiger charge is -2.50. The number of amides is 4. The highest BCUT2D eigenvalue weighted by Gasteiger charge is 2.76. The monoisotopic (exact) mass is 596 g/mol. The van der Waals surface area contributed by atoms with Crippen LogP contribution in [0.5, 0.6) is 11.5 Å². The average Bonchev–Trinajstić information content (AvgIpc) is 3.28. The van der Waals surface area contributed by atoms with Crippen LogP contribution >= 0.6 is 23.2 Å². The smallest absolute Gasteiger partial charge is 0.253 e. The summed E-state index contributed by atoms with van der Waals surface area (Å²) in [5.74, 6) is -4.56. The number of rotatable bonds is 6. The molecule has 10 heteroatoms. The molecule has 4 aliphatic rings. The van der Waals surface area contributed by atoms with Crippen molar-refractivity contribution in [1.29, 1.82) is 0 Å². The van der Waals surface area contributed by atoms with E-state index in [-0.39, 0.29) is 37.0 Å². The number of nitrogens with zero attached hydrogens (tertiary/aromatic N) is 2. The van der Waals surface area contributed by atoms with Gasteiger partial charge in [-0.1, -0.05) is 55.0 Å². The van der Waals surface area contributed by atoms with Crippen LogP contribution in [0.15, 0.2) is 60.2 Å². The molecular weight excluding hydrogens is 567 g/mol. The van der Waals surface area contributed by atoms with Gasteiger partial charge in [-0.2, -0.15) is 0 Å². The zero-order valence-electron chi connectivity index (χ0n) is 22.7. The zero-order chi connectivity index (χ0) is 29.3. The molecule has 6 atom stereocenters. The van der Waals surface area contributed by atoms with Gasteiger partial charge in [0.1, 0.15) is 18.1 Å². The van der Waals surface area contributed by atoms with Gasteiger partial charge in [0, 0.05) is 31.1 Å². The minimum Gasteiger partial charge on any atom is -0.508 e. The van der Waals surface area contributed by atoms with Crippen LogP contribution in [0.25, 0.3) is 0 Å². The summed E-state index contributed by atoms with van der Waals surface area (Å²) in [6, 6.07) is 14.3. The number of ether oxygens (including phenoxy) is 1. The Hall–Kier alpha value is -3.36. The molecule has 2 aliphatic heterocycles. The van der Waals surface area contributed by atoms with E-state index in [1.54, 1.807) is 12.1 Å². The zero-order valence-corrected chi connectivity index (χ0v) is 24.2.